The van der Waals surface area contributed by atoms with Crippen LogP contribution >= 0.6 is 0 Å². The van der Waals surface area contributed by atoms with Crippen LogP contribution in [0.3, 0.4) is 0 Å². The van der Waals surface area contributed by atoms with Gasteiger partial charge in [0, 0.05) is 0 Å². The Morgan fingerprint density at radius 1 is 1.40 bits per heavy atom. The lowest BCUT2D eigenvalue weighted by Crippen LogP contribution is -1.97. The standard InChI is InChI=1S/C13H15NO/c1-9(2)11-5-4-6-12(13(11)14-3)15-10-7-8-10/h4-6,9-10H,7-8H2,1-2H3. The van der Waals surface area contributed by atoms with E-state index in [4.69, 9.17) is 11.3 Å². The van der Waals surface area contributed by atoms with E-state index in [0.29, 0.717) is 17.7 Å². The van der Waals surface area contributed by atoms with Gasteiger partial charge < -0.3 is 4.74 Å². The van der Waals surface area contributed by atoms with Crippen LogP contribution < -0.4 is 4.74 Å². The van der Waals surface area contributed by atoms with Crippen LogP contribution in [0.2, 0.25) is 0 Å². The molecule has 1 saturated carbocycles. The van der Waals surface area contributed by atoms with Gasteiger partial charge in [0.15, 0.2) is 0 Å². The van der Waals surface area contributed by atoms with E-state index in [1.165, 1.54) is 0 Å². The van der Waals surface area contributed by atoms with Gasteiger partial charge in [-0.05, 0) is 30.4 Å². The lowest BCUT2D eigenvalue weighted by atomic mass is 10.0. The van der Waals surface area contributed by atoms with Gasteiger partial charge in [0.2, 0.25) is 5.69 Å². The molecule has 0 saturated heterocycles. The van der Waals surface area contributed by atoms with Crippen molar-refractivity contribution in [2.24, 2.45) is 0 Å². The molecule has 15 heavy (non-hydrogen) atoms. The lowest BCUT2D eigenvalue weighted by molar-refractivity contribution is 0.305. The Labute approximate surface area is 90.7 Å². The molecule has 1 aliphatic rings. The largest absolute Gasteiger partial charge is 0.501 e. The molecule has 2 rings (SSSR count). The van der Waals surface area contributed by atoms with Crippen molar-refractivity contribution in [3.63, 3.8) is 0 Å². The molecule has 0 spiro atoms. The molecule has 0 amide bonds. The molecular formula is C13H15NO. The summed E-state index contributed by atoms with van der Waals surface area (Å²) in [6, 6.07) is 5.89. The van der Waals surface area contributed by atoms with Crippen LogP contribution in [0.15, 0.2) is 18.2 Å². The van der Waals surface area contributed by atoms with E-state index in [2.05, 4.69) is 18.7 Å². The summed E-state index contributed by atoms with van der Waals surface area (Å²) in [5.74, 6) is 1.13. The first-order chi connectivity index (χ1) is 7.22. The Morgan fingerprint density at radius 3 is 2.67 bits per heavy atom. The summed E-state index contributed by atoms with van der Waals surface area (Å²) in [5.41, 5.74) is 1.78. The monoisotopic (exact) mass is 201 g/mol. The topological polar surface area (TPSA) is 13.6 Å². The average Bonchev–Trinajstić information content (AvgIpc) is 3.01. The van der Waals surface area contributed by atoms with E-state index in [0.717, 1.165) is 24.2 Å². The maximum atomic E-state index is 7.23. The lowest BCUT2D eigenvalue weighted by Gasteiger charge is -2.12. The predicted octanol–water partition coefficient (Wildman–Crippen LogP) is 3.90. The molecule has 0 atom stereocenters. The van der Waals surface area contributed by atoms with Gasteiger partial charge in [0.25, 0.3) is 0 Å². The molecule has 1 fully saturated rings. The summed E-state index contributed by atoms with van der Waals surface area (Å²) >= 11 is 0. The third-order valence-corrected chi connectivity index (χ3v) is 2.58. The fourth-order valence-electron chi connectivity index (χ4n) is 1.59. The zero-order chi connectivity index (χ0) is 10.8. The van der Waals surface area contributed by atoms with Gasteiger partial charge in [-0.25, -0.2) is 4.85 Å². The molecule has 1 aromatic carbocycles. The molecule has 0 unspecified atom stereocenters. The van der Waals surface area contributed by atoms with Crippen molar-refractivity contribution in [1.82, 2.24) is 0 Å². The van der Waals surface area contributed by atoms with Gasteiger partial charge in [-0.1, -0.05) is 26.0 Å². The second-order valence-electron chi connectivity index (χ2n) is 4.28. The average molecular weight is 201 g/mol. The number of hydrogen-bond donors (Lipinski definition) is 0. The molecule has 0 aromatic heterocycles. The molecule has 0 radical (unpaired) electrons. The van der Waals surface area contributed by atoms with Gasteiger partial charge >= 0.3 is 0 Å². The Bertz CT molecular complexity index is 399. The second kappa shape index (κ2) is 3.94. The molecule has 0 aliphatic heterocycles. The van der Waals surface area contributed by atoms with Crippen molar-refractivity contribution < 1.29 is 4.74 Å². The summed E-state index contributed by atoms with van der Waals surface area (Å²) in [6.07, 6.45) is 2.61. The number of rotatable bonds is 3. The van der Waals surface area contributed by atoms with Crippen LogP contribution in [-0.4, -0.2) is 6.10 Å². The fraction of sp³-hybridized carbons (Fsp3) is 0.462. The fourth-order valence-corrected chi connectivity index (χ4v) is 1.59. The zero-order valence-corrected chi connectivity index (χ0v) is 9.16. The van der Waals surface area contributed by atoms with E-state index in [9.17, 15) is 0 Å². The Kier molecular flexibility index (Phi) is 2.64. The molecular weight excluding hydrogens is 186 g/mol. The first-order valence-corrected chi connectivity index (χ1v) is 5.39. The molecule has 0 bridgehead atoms. The molecule has 1 aliphatic carbocycles. The van der Waals surface area contributed by atoms with Crippen molar-refractivity contribution in [2.45, 2.75) is 38.7 Å². The van der Waals surface area contributed by atoms with Gasteiger partial charge in [-0.3, -0.25) is 0 Å². The number of nitrogens with zero attached hydrogens (tertiary/aromatic N) is 1. The maximum Gasteiger partial charge on any atom is 0.231 e. The molecule has 2 nitrogen and oxygen atoms in total. The van der Waals surface area contributed by atoms with Crippen LogP contribution in [0.5, 0.6) is 5.75 Å². The predicted molar refractivity (Wildman–Crippen MR) is 60.4 cm³/mol. The van der Waals surface area contributed by atoms with E-state index in [-0.39, 0.29) is 0 Å². The Balaban J connectivity index is 2.36. The van der Waals surface area contributed by atoms with Gasteiger partial charge in [0.05, 0.1) is 12.7 Å². The number of hydrogen-bond acceptors (Lipinski definition) is 1. The summed E-state index contributed by atoms with van der Waals surface area (Å²) in [6.45, 7) is 11.4. The van der Waals surface area contributed by atoms with Crippen LogP contribution in [0.1, 0.15) is 38.2 Å². The van der Waals surface area contributed by atoms with Crippen LogP contribution in [0.4, 0.5) is 5.69 Å². The van der Waals surface area contributed by atoms with E-state index < -0.39 is 0 Å². The summed E-state index contributed by atoms with van der Waals surface area (Å²) in [5, 5.41) is 0. The molecule has 78 valence electrons. The highest BCUT2D eigenvalue weighted by Gasteiger charge is 2.25. The van der Waals surface area contributed by atoms with Gasteiger partial charge in [-0.2, -0.15) is 0 Å². The Hall–Kier alpha value is -1.49. The summed E-state index contributed by atoms with van der Waals surface area (Å²) in [7, 11) is 0. The highest BCUT2D eigenvalue weighted by molar-refractivity contribution is 5.64. The normalized spacial score (nSPS) is 15.1. The van der Waals surface area contributed by atoms with Crippen molar-refractivity contribution in [3.05, 3.63) is 35.2 Å². The smallest absolute Gasteiger partial charge is 0.231 e. The maximum absolute atomic E-state index is 7.23. The quantitative estimate of drug-likeness (QED) is 0.676. The van der Waals surface area contributed by atoms with E-state index >= 15 is 0 Å². The third kappa shape index (κ3) is 2.12. The van der Waals surface area contributed by atoms with Gasteiger partial charge in [0.1, 0.15) is 5.75 Å². The minimum absolute atomic E-state index is 0.355. The van der Waals surface area contributed by atoms with E-state index in [1.54, 1.807) is 0 Å². The molecule has 0 heterocycles. The number of para-hydroxylation sites is 1. The highest BCUT2D eigenvalue weighted by atomic mass is 16.5. The SMILES string of the molecule is [C-]#[N+]c1c(OC2CC2)cccc1C(C)C. The zero-order valence-electron chi connectivity index (χ0n) is 9.16. The van der Waals surface area contributed by atoms with Crippen LogP contribution in [0.25, 0.3) is 4.85 Å². The second-order valence-corrected chi connectivity index (χ2v) is 4.28. The number of ether oxygens (including phenoxy) is 1. The third-order valence-electron chi connectivity index (χ3n) is 2.58. The van der Waals surface area contributed by atoms with Crippen LogP contribution in [0, 0.1) is 6.57 Å². The first kappa shape index (κ1) is 10.0. The van der Waals surface area contributed by atoms with Crippen molar-refractivity contribution in [1.29, 1.82) is 0 Å². The summed E-state index contributed by atoms with van der Waals surface area (Å²) in [4.78, 5) is 3.60. The van der Waals surface area contributed by atoms with Gasteiger partial charge in [-0.15, -0.1) is 0 Å². The van der Waals surface area contributed by atoms with Crippen molar-refractivity contribution in [3.8, 4) is 5.75 Å². The summed E-state index contributed by atoms with van der Waals surface area (Å²) < 4.78 is 5.72. The minimum Gasteiger partial charge on any atom is -0.501 e. The first-order valence-electron chi connectivity index (χ1n) is 5.39. The van der Waals surface area contributed by atoms with Crippen LogP contribution in [-0.2, 0) is 0 Å². The van der Waals surface area contributed by atoms with Crippen molar-refractivity contribution >= 4 is 5.69 Å². The number of benzene rings is 1. The minimum atomic E-state index is 0.355. The highest BCUT2D eigenvalue weighted by Crippen LogP contribution is 2.38. The molecule has 2 heteroatoms. The molecule has 0 N–H and O–H groups in total. The van der Waals surface area contributed by atoms with Crippen molar-refractivity contribution in [2.75, 3.05) is 0 Å². The molecule has 1 aromatic rings. The van der Waals surface area contributed by atoms with E-state index in [1.807, 2.05) is 18.2 Å². The Morgan fingerprint density at radius 2 is 2.13 bits per heavy atom.